The lowest BCUT2D eigenvalue weighted by Crippen LogP contribution is -2.09. The molecule has 0 saturated heterocycles. The summed E-state index contributed by atoms with van der Waals surface area (Å²) in [7, 11) is 0. The van der Waals surface area contributed by atoms with Gasteiger partial charge in [0.1, 0.15) is 5.75 Å². The Morgan fingerprint density at radius 1 is 0.818 bits per heavy atom. The number of ether oxygens (including phenoxy) is 1. The first-order chi connectivity index (χ1) is 10.5. The fourth-order valence-electron chi connectivity index (χ4n) is 2.00. The molecular formula is C17H16O5. The minimum Gasteiger partial charge on any atom is -0.482 e. The molecule has 0 amide bonds. The molecule has 0 heterocycles. The molecule has 5 nitrogen and oxygen atoms in total. The number of carboxylic acids is 2. The molecular weight excluding hydrogens is 284 g/mol. The fraction of sp³-hybridized carbons (Fsp3) is 0.176. The quantitative estimate of drug-likeness (QED) is 0.821. The molecule has 0 atom stereocenters. The van der Waals surface area contributed by atoms with E-state index in [1.54, 1.807) is 12.1 Å². The summed E-state index contributed by atoms with van der Waals surface area (Å²) in [5.74, 6) is -1.31. The van der Waals surface area contributed by atoms with E-state index in [9.17, 15) is 9.59 Å². The third-order valence-electron chi connectivity index (χ3n) is 3.13. The Labute approximate surface area is 127 Å². The summed E-state index contributed by atoms with van der Waals surface area (Å²) in [5.41, 5.74) is 2.96. The van der Waals surface area contributed by atoms with Gasteiger partial charge in [0.15, 0.2) is 6.61 Å². The van der Waals surface area contributed by atoms with E-state index in [4.69, 9.17) is 14.9 Å². The highest BCUT2D eigenvalue weighted by Crippen LogP contribution is 2.23. The molecule has 2 aromatic carbocycles. The van der Waals surface area contributed by atoms with Crippen LogP contribution >= 0.6 is 0 Å². The highest BCUT2D eigenvalue weighted by molar-refractivity contribution is 5.69. The molecule has 2 aromatic rings. The molecule has 114 valence electrons. The van der Waals surface area contributed by atoms with Gasteiger partial charge in [-0.25, -0.2) is 4.79 Å². The van der Waals surface area contributed by atoms with E-state index in [-0.39, 0.29) is 13.0 Å². The number of benzene rings is 2. The lowest BCUT2D eigenvalue weighted by atomic mass is 10.0. The average molecular weight is 300 g/mol. The van der Waals surface area contributed by atoms with Crippen LogP contribution in [0.4, 0.5) is 0 Å². The van der Waals surface area contributed by atoms with Gasteiger partial charge in [0.05, 0.1) is 0 Å². The minimum absolute atomic E-state index is 0.120. The van der Waals surface area contributed by atoms with Gasteiger partial charge in [-0.3, -0.25) is 4.79 Å². The smallest absolute Gasteiger partial charge is 0.341 e. The van der Waals surface area contributed by atoms with Crippen molar-refractivity contribution in [2.45, 2.75) is 12.8 Å². The zero-order valence-electron chi connectivity index (χ0n) is 11.9. The zero-order valence-corrected chi connectivity index (χ0v) is 11.9. The Kier molecular flexibility index (Phi) is 5.14. The standard InChI is InChI=1S/C17H16O5/c18-16(19)10-3-12-1-4-13(5-2-12)14-6-8-15(9-7-14)22-11-17(20)21/h1-2,4-9H,3,10-11H2,(H,18,19)(H,20,21). The lowest BCUT2D eigenvalue weighted by Gasteiger charge is -2.06. The largest absolute Gasteiger partial charge is 0.482 e. The number of hydrogen-bond donors (Lipinski definition) is 2. The van der Waals surface area contributed by atoms with Gasteiger partial charge in [-0.2, -0.15) is 0 Å². The van der Waals surface area contributed by atoms with Gasteiger partial charge in [0.25, 0.3) is 0 Å². The number of aliphatic carboxylic acids is 2. The Hall–Kier alpha value is -2.82. The zero-order chi connectivity index (χ0) is 15.9. The van der Waals surface area contributed by atoms with E-state index >= 15 is 0 Å². The van der Waals surface area contributed by atoms with Crippen LogP contribution in [0.3, 0.4) is 0 Å². The van der Waals surface area contributed by atoms with E-state index in [0.717, 1.165) is 16.7 Å². The van der Waals surface area contributed by atoms with E-state index in [0.29, 0.717) is 12.2 Å². The fourth-order valence-corrected chi connectivity index (χ4v) is 2.00. The third-order valence-corrected chi connectivity index (χ3v) is 3.13. The van der Waals surface area contributed by atoms with E-state index in [2.05, 4.69) is 0 Å². The molecule has 5 heteroatoms. The summed E-state index contributed by atoms with van der Waals surface area (Å²) in [6.45, 7) is -0.363. The van der Waals surface area contributed by atoms with Crippen molar-refractivity contribution in [2.75, 3.05) is 6.61 Å². The molecule has 0 radical (unpaired) electrons. The average Bonchev–Trinajstić information content (AvgIpc) is 2.52. The van der Waals surface area contributed by atoms with Gasteiger partial charge in [0.2, 0.25) is 0 Å². The summed E-state index contributed by atoms with van der Waals surface area (Å²) in [5, 5.41) is 17.2. The minimum atomic E-state index is -1.01. The Morgan fingerprint density at radius 2 is 1.36 bits per heavy atom. The maximum Gasteiger partial charge on any atom is 0.341 e. The van der Waals surface area contributed by atoms with Crippen molar-refractivity contribution in [3.05, 3.63) is 54.1 Å². The van der Waals surface area contributed by atoms with Gasteiger partial charge in [0, 0.05) is 6.42 Å². The van der Waals surface area contributed by atoms with Crippen LogP contribution < -0.4 is 4.74 Å². The van der Waals surface area contributed by atoms with Crippen molar-refractivity contribution in [3.8, 4) is 16.9 Å². The van der Waals surface area contributed by atoms with Gasteiger partial charge in [-0.05, 0) is 35.2 Å². The SMILES string of the molecule is O=C(O)CCc1ccc(-c2ccc(OCC(=O)O)cc2)cc1. The van der Waals surface area contributed by atoms with Crippen molar-refractivity contribution >= 4 is 11.9 Å². The molecule has 0 aromatic heterocycles. The second kappa shape index (κ2) is 7.26. The number of carboxylic acid groups (broad SMARTS) is 2. The van der Waals surface area contributed by atoms with Crippen LogP contribution in [0.25, 0.3) is 11.1 Å². The second-order valence-corrected chi connectivity index (χ2v) is 4.80. The second-order valence-electron chi connectivity index (χ2n) is 4.80. The highest BCUT2D eigenvalue weighted by Gasteiger charge is 2.03. The topological polar surface area (TPSA) is 83.8 Å². The molecule has 0 aliphatic rings. The van der Waals surface area contributed by atoms with Crippen molar-refractivity contribution < 1.29 is 24.5 Å². The van der Waals surface area contributed by atoms with Crippen molar-refractivity contribution in [1.29, 1.82) is 0 Å². The van der Waals surface area contributed by atoms with Gasteiger partial charge in [-0.15, -0.1) is 0 Å². The Balaban J connectivity index is 2.02. The summed E-state index contributed by atoms with van der Waals surface area (Å²) in [6.07, 6.45) is 0.631. The van der Waals surface area contributed by atoms with Crippen LogP contribution in [0.1, 0.15) is 12.0 Å². The van der Waals surface area contributed by atoms with Crippen molar-refractivity contribution in [3.63, 3.8) is 0 Å². The Morgan fingerprint density at radius 3 is 1.86 bits per heavy atom. The first-order valence-corrected chi connectivity index (χ1v) is 6.80. The summed E-state index contributed by atoms with van der Waals surface area (Å²) >= 11 is 0. The first-order valence-electron chi connectivity index (χ1n) is 6.80. The van der Waals surface area contributed by atoms with Gasteiger partial charge < -0.3 is 14.9 Å². The Bertz CT molecular complexity index is 584. The molecule has 22 heavy (non-hydrogen) atoms. The predicted octanol–water partition coefficient (Wildman–Crippen LogP) is 2.83. The normalized spacial score (nSPS) is 10.2. The van der Waals surface area contributed by atoms with E-state index in [1.165, 1.54) is 0 Å². The van der Waals surface area contributed by atoms with Gasteiger partial charge in [-0.1, -0.05) is 36.4 Å². The maximum atomic E-state index is 10.5. The molecule has 0 unspecified atom stereocenters. The van der Waals surface area contributed by atoms with Crippen LogP contribution in [0, 0.1) is 0 Å². The van der Waals surface area contributed by atoms with E-state index < -0.39 is 11.9 Å². The maximum absolute atomic E-state index is 10.5. The van der Waals surface area contributed by atoms with Crippen molar-refractivity contribution in [1.82, 2.24) is 0 Å². The third kappa shape index (κ3) is 4.63. The summed E-state index contributed by atoms with van der Waals surface area (Å²) in [4.78, 5) is 21.0. The molecule has 2 rings (SSSR count). The summed E-state index contributed by atoms with van der Waals surface area (Å²) in [6, 6.07) is 14.8. The number of hydrogen-bond acceptors (Lipinski definition) is 3. The molecule has 0 spiro atoms. The van der Waals surface area contributed by atoms with Crippen LogP contribution in [0.5, 0.6) is 5.75 Å². The molecule has 0 fully saturated rings. The molecule has 0 aliphatic heterocycles. The van der Waals surface area contributed by atoms with Gasteiger partial charge >= 0.3 is 11.9 Å². The molecule has 2 N–H and O–H groups in total. The lowest BCUT2D eigenvalue weighted by molar-refractivity contribution is -0.139. The van der Waals surface area contributed by atoms with Crippen LogP contribution in [-0.2, 0) is 16.0 Å². The van der Waals surface area contributed by atoms with E-state index in [1.807, 2.05) is 36.4 Å². The highest BCUT2D eigenvalue weighted by atomic mass is 16.5. The number of aryl methyl sites for hydroxylation is 1. The van der Waals surface area contributed by atoms with Crippen LogP contribution in [0.15, 0.2) is 48.5 Å². The number of rotatable bonds is 7. The predicted molar refractivity (Wildman–Crippen MR) is 81.0 cm³/mol. The van der Waals surface area contributed by atoms with Crippen LogP contribution in [0.2, 0.25) is 0 Å². The van der Waals surface area contributed by atoms with Crippen LogP contribution in [-0.4, -0.2) is 28.8 Å². The summed E-state index contributed by atoms with van der Waals surface area (Å²) < 4.78 is 5.08. The monoisotopic (exact) mass is 300 g/mol. The molecule has 0 aliphatic carbocycles. The molecule has 0 bridgehead atoms. The van der Waals surface area contributed by atoms with Crippen molar-refractivity contribution in [2.24, 2.45) is 0 Å². The first kappa shape index (κ1) is 15.6. The number of carbonyl (C=O) groups is 2. The molecule has 0 saturated carbocycles.